The molecule has 0 rings (SSSR count). The van der Waals surface area contributed by atoms with Crippen LogP contribution in [0.25, 0.3) is 0 Å². The van der Waals surface area contributed by atoms with E-state index in [0.717, 1.165) is 11.0 Å². The van der Waals surface area contributed by atoms with E-state index >= 15 is 0 Å². The van der Waals surface area contributed by atoms with Crippen LogP contribution in [0.15, 0.2) is 0 Å². The highest BCUT2D eigenvalue weighted by molar-refractivity contribution is 7.45. The van der Waals surface area contributed by atoms with Gasteiger partial charge in [-0.25, -0.2) is 0 Å². The van der Waals surface area contributed by atoms with Gasteiger partial charge < -0.3 is 18.4 Å². The molecule has 0 radical (unpaired) electrons. The van der Waals surface area contributed by atoms with Crippen LogP contribution in [0.1, 0.15) is 58.8 Å². The molecule has 0 N–H and O–H groups in total. The van der Waals surface area contributed by atoms with Crippen LogP contribution in [0.2, 0.25) is 0 Å². The molecule has 0 bridgehead atoms. The molecule has 6 heteroatoms. The lowest BCUT2D eigenvalue weighted by Gasteiger charge is -2.31. The highest BCUT2D eigenvalue weighted by atomic mass is 31.2. The highest BCUT2D eigenvalue weighted by Crippen LogP contribution is 2.38. The van der Waals surface area contributed by atoms with E-state index in [4.69, 9.17) is 9.05 Å². The zero-order valence-corrected chi connectivity index (χ0v) is 15.2. The second-order valence-corrected chi connectivity index (χ2v) is 7.68. The SMILES string of the molecule is CCCCCCCC[N+](C)(C)CCOP(=O)([O-])OCCC. The molecule has 1 unspecified atom stereocenters. The first kappa shape index (κ1) is 21.1. The van der Waals surface area contributed by atoms with Crippen molar-refractivity contribution in [1.29, 1.82) is 0 Å². The van der Waals surface area contributed by atoms with E-state index in [-0.39, 0.29) is 13.2 Å². The second-order valence-electron chi connectivity index (χ2n) is 6.26. The van der Waals surface area contributed by atoms with Crippen LogP contribution in [0, 0.1) is 0 Å². The first-order valence-electron chi connectivity index (χ1n) is 8.25. The summed E-state index contributed by atoms with van der Waals surface area (Å²) < 4.78 is 21.8. The molecule has 0 aromatic carbocycles. The van der Waals surface area contributed by atoms with E-state index in [1.54, 1.807) is 0 Å². The Balaban J connectivity index is 3.74. The van der Waals surface area contributed by atoms with Crippen molar-refractivity contribution in [3.8, 4) is 0 Å². The normalized spacial score (nSPS) is 15.1. The molecule has 0 amide bonds. The lowest BCUT2D eigenvalue weighted by atomic mass is 10.1. The molecule has 0 spiro atoms. The highest BCUT2D eigenvalue weighted by Gasteiger charge is 2.16. The van der Waals surface area contributed by atoms with Crippen LogP contribution in [-0.4, -0.2) is 44.9 Å². The quantitative estimate of drug-likeness (QED) is 0.279. The standard InChI is InChI=1S/C15H34NO4P/c1-5-7-8-9-10-11-12-16(3,4)13-15-20-21(17,18)19-14-6-2/h5-15H2,1-4H3. The lowest BCUT2D eigenvalue weighted by Crippen LogP contribution is -2.43. The maximum atomic E-state index is 11.4. The van der Waals surface area contributed by atoms with Crippen molar-refractivity contribution in [3.05, 3.63) is 0 Å². The molecule has 0 aromatic heterocycles. The Morgan fingerprint density at radius 3 is 2.05 bits per heavy atom. The molecule has 0 saturated heterocycles. The third-order valence-electron chi connectivity index (χ3n) is 3.52. The van der Waals surface area contributed by atoms with Gasteiger partial charge in [-0.2, -0.15) is 0 Å². The molecule has 0 fully saturated rings. The Morgan fingerprint density at radius 1 is 0.857 bits per heavy atom. The summed E-state index contributed by atoms with van der Waals surface area (Å²) in [5.74, 6) is 0. The van der Waals surface area contributed by atoms with Gasteiger partial charge in [-0.1, -0.05) is 39.5 Å². The van der Waals surface area contributed by atoms with E-state index in [0.29, 0.717) is 13.0 Å². The summed E-state index contributed by atoms with van der Waals surface area (Å²) in [5.41, 5.74) is 0. The number of likely N-dealkylation sites (N-methyl/N-ethyl adjacent to an activating group) is 1. The topological polar surface area (TPSA) is 58.6 Å². The summed E-state index contributed by atoms with van der Waals surface area (Å²) in [6, 6.07) is 0. The van der Waals surface area contributed by atoms with Crippen LogP contribution in [0.4, 0.5) is 0 Å². The Bertz CT molecular complexity index is 297. The fourth-order valence-electron chi connectivity index (χ4n) is 2.07. The van der Waals surface area contributed by atoms with Gasteiger partial charge in [0.2, 0.25) is 0 Å². The van der Waals surface area contributed by atoms with Crippen molar-refractivity contribution in [2.45, 2.75) is 58.8 Å². The zero-order chi connectivity index (χ0) is 16.2. The molecule has 5 nitrogen and oxygen atoms in total. The predicted octanol–water partition coefficient (Wildman–Crippen LogP) is 3.33. The summed E-state index contributed by atoms with van der Waals surface area (Å²) in [6.45, 7) is 6.19. The lowest BCUT2D eigenvalue weighted by molar-refractivity contribution is -0.890. The molecule has 1 atom stereocenters. The molecular weight excluding hydrogens is 289 g/mol. The van der Waals surface area contributed by atoms with Gasteiger partial charge in [0, 0.05) is 0 Å². The van der Waals surface area contributed by atoms with Gasteiger partial charge in [0.15, 0.2) is 0 Å². The summed E-state index contributed by atoms with van der Waals surface area (Å²) in [6.07, 6.45) is 8.30. The van der Waals surface area contributed by atoms with E-state index in [1.165, 1.54) is 38.5 Å². The number of nitrogens with zero attached hydrogens (tertiary/aromatic N) is 1. The van der Waals surface area contributed by atoms with Crippen molar-refractivity contribution < 1.29 is 23.0 Å². The molecule has 21 heavy (non-hydrogen) atoms. The molecule has 0 aliphatic heterocycles. The van der Waals surface area contributed by atoms with Gasteiger partial charge in [0.25, 0.3) is 7.82 Å². The van der Waals surface area contributed by atoms with Crippen molar-refractivity contribution in [2.75, 3.05) is 40.4 Å². The first-order chi connectivity index (χ1) is 9.83. The number of unbranched alkanes of at least 4 members (excludes halogenated alkanes) is 5. The minimum Gasteiger partial charge on any atom is -0.756 e. The maximum absolute atomic E-state index is 11.4. The summed E-state index contributed by atoms with van der Waals surface area (Å²) in [5, 5.41) is 0. The van der Waals surface area contributed by atoms with Crippen molar-refractivity contribution in [2.24, 2.45) is 0 Å². The molecule has 0 heterocycles. The van der Waals surface area contributed by atoms with E-state index < -0.39 is 7.82 Å². The second kappa shape index (κ2) is 11.6. The largest absolute Gasteiger partial charge is 0.756 e. The van der Waals surface area contributed by atoms with Crippen LogP contribution in [-0.2, 0) is 13.6 Å². The van der Waals surface area contributed by atoms with Crippen LogP contribution in [0.5, 0.6) is 0 Å². The Morgan fingerprint density at radius 2 is 1.43 bits per heavy atom. The van der Waals surface area contributed by atoms with Gasteiger partial charge in [-0.05, 0) is 19.3 Å². The molecule has 0 aromatic rings. The number of quaternary nitrogens is 1. The number of rotatable bonds is 14. The van der Waals surface area contributed by atoms with Crippen molar-refractivity contribution in [1.82, 2.24) is 0 Å². The fraction of sp³-hybridized carbons (Fsp3) is 1.00. The van der Waals surface area contributed by atoms with E-state index in [1.807, 2.05) is 6.92 Å². The number of hydrogen-bond acceptors (Lipinski definition) is 4. The molecule has 0 aliphatic carbocycles. The number of hydrogen-bond donors (Lipinski definition) is 0. The molecule has 128 valence electrons. The van der Waals surface area contributed by atoms with Crippen LogP contribution in [0.3, 0.4) is 0 Å². The van der Waals surface area contributed by atoms with Gasteiger partial charge >= 0.3 is 0 Å². The minimum absolute atomic E-state index is 0.188. The maximum Gasteiger partial charge on any atom is 0.268 e. The van der Waals surface area contributed by atoms with Gasteiger partial charge in [0.1, 0.15) is 13.2 Å². The average Bonchev–Trinajstić information content (AvgIpc) is 2.40. The van der Waals surface area contributed by atoms with Crippen molar-refractivity contribution >= 4 is 7.82 Å². The summed E-state index contributed by atoms with van der Waals surface area (Å²) >= 11 is 0. The first-order valence-corrected chi connectivity index (χ1v) is 9.71. The van der Waals surface area contributed by atoms with Crippen molar-refractivity contribution in [3.63, 3.8) is 0 Å². The fourth-order valence-corrected chi connectivity index (χ4v) is 2.86. The summed E-state index contributed by atoms with van der Waals surface area (Å²) in [7, 11) is 0.119. The molecule has 0 aliphatic rings. The average molecular weight is 323 g/mol. The Labute approximate surface area is 130 Å². The van der Waals surface area contributed by atoms with Gasteiger partial charge in [-0.15, -0.1) is 0 Å². The third kappa shape index (κ3) is 13.5. The third-order valence-corrected chi connectivity index (χ3v) is 4.51. The molecular formula is C15H34NO4P. The molecule has 0 saturated carbocycles. The zero-order valence-electron chi connectivity index (χ0n) is 14.3. The smallest absolute Gasteiger partial charge is 0.268 e. The van der Waals surface area contributed by atoms with Gasteiger partial charge in [-0.3, -0.25) is 4.57 Å². The van der Waals surface area contributed by atoms with E-state index in [9.17, 15) is 9.46 Å². The number of phosphoric acid groups is 1. The Kier molecular flexibility index (Phi) is 11.7. The van der Waals surface area contributed by atoms with Crippen LogP contribution < -0.4 is 4.89 Å². The number of phosphoric ester groups is 1. The monoisotopic (exact) mass is 323 g/mol. The Hall–Kier alpha value is 0.0700. The van der Waals surface area contributed by atoms with E-state index in [2.05, 4.69) is 21.0 Å². The summed E-state index contributed by atoms with van der Waals surface area (Å²) in [4.78, 5) is 11.4. The minimum atomic E-state index is -4.10. The van der Waals surface area contributed by atoms with Crippen LogP contribution >= 0.6 is 7.82 Å². The predicted molar refractivity (Wildman–Crippen MR) is 85.0 cm³/mol. The van der Waals surface area contributed by atoms with Gasteiger partial charge in [0.05, 0.1) is 27.2 Å².